The van der Waals surface area contributed by atoms with Gasteiger partial charge in [0.2, 0.25) is 23.6 Å². The number of rotatable bonds is 6. The van der Waals surface area contributed by atoms with Crippen LogP contribution in [0.25, 0.3) is 68.1 Å². The summed E-state index contributed by atoms with van der Waals surface area (Å²) in [6.07, 6.45) is 0. The molecular weight excluding hydrogens is 641 g/mol. The molecule has 0 spiro atoms. The normalized spacial score (nSPS) is 10.7. The Bertz CT molecular complexity index is 2250. The monoisotopic (exact) mass is 684 g/mol. The summed E-state index contributed by atoms with van der Waals surface area (Å²) in [6, 6.07) is 55.0. The van der Waals surface area contributed by atoms with E-state index in [1.807, 2.05) is 103 Å². The third-order valence-electron chi connectivity index (χ3n) is 8.35. The van der Waals surface area contributed by atoms with Gasteiger partial charge in [0.15, 0.2) is 0 Å². The van der Waals surface area contributed by atoms with E-state index in [0.29, 0.717) is 23.6 Å². The van der Waals surface area contributed by atoms with E-state index in [0.717, 1.165) is 33.4 Å². The maximum atomic E-state index is 5.90. The van der Waals surface area contributed by atoms with Gasteiger partial charge in [-0.05, 0) is 81.8 Å². The Morgan fingerprint density at radius 1 is 0.308 bits per heavy atom. The lowest BCUT2D eigenvalue weighted by Crippen LogP contribution is -2.10. The van der Waals surface area contributed by atoms with Crippen molar-refractivity contribution in [3.05, 3.63) is 169 Å². The molecule has 6 heteroatoms. The molecule has 0 amide bonds. The van der Waals surface area contributed by atoms with Crippen molar-refractivity contribution in [3.63, 3.8) is 0 Å². The quantitative estimate of drug-likeness (QED) is 0.173. The van der Waals surface area contributed by atoms with Crippen LogP contribution in [0.2, 0.25) is 0 Å². The molecule has 0 aliphatic carbocycles. The second-order valence-electron chi connectivity index (χ2n) is 12.9. The molecule has 0 radical (unpaired) electrons. The Morgan fingerprint density at radius 2 is 0.538 bits per heavy atom. The van der Waals surface area contributed by atoms with Crippen molar-refractivity contribution in [3.8, 4) is 68.1 Å². The standard InChI is InChI=1S/C24H22N2O.C20H14N2O.2CH4/c1-24(2,3)21-15-13-20(14-16-21)23-26-25-22(27-23)19-11-9-18(10-12-19)17-7-5-4-6-8-17;1-3-7-15(8-4-1)16-11-13-18(14-12-16)20-22-21-19(23-20)17-9-5-2-6-10-17;;/h4-16H,1-3H3;1-14H;2*1H4. The predicted octanol–water partition coefficient (Wildman–Crippen LogP) is 12.7. The molecule has 0 N–H and O–H groups in total. The smallest absolute Gasteiger partial charge is 0.248 e. The number of benzene rings is 6. The molecule has 8 rings (SSSR count). The van der Waals surface area contributed by atoms with E-state index in [9.17, 15) is 0 Å². The van der Waals surface area contributed by atoms with Gasteiger partial charge in [-0.2, -0.15) is 0 Å². The molecule has 2 aromatic heterocycles. The Kier molecular flexibility index (Phi) is 11.7. The fraction of sp³-hybridized carbons (Fsp3) is 0.130. The van der Waals surface area contributed by atoms with Gasteiger partial charge in [0, 0.05) is 22.3 Å². The molecular formula is C46H44N4O2. The van der Waals surface area contributed by atoms with Crippen molar-refractivity contribution >= 4 is 0 Å². The van der Waals surface area contributed by atoms with Crippen LogP contribution in [0.5, 0.6) is 0 Å². The molecule has 0 unspecified atom stereocenters. The van der Waals surface area contributed by atoms with Crippen LogP contribution in [0.4, 0.5) is 0 Å². The van der Waals surface area contributed by atoms with E-state index >= 15 is 0 Å². The minimum Gasteiger partial charge on any atom is -0.416 e. The van der Waals surface area contributed by atoms with Crippen molar-refractivity contribution in [2.75, 3.05) is 0 Å². The lowest BCUT2D eigenvalue weighted by atomic mass is 9.87. The highest BCUT2D eigenvalue weighted by Gasteiger charge is 2.15. The summed E-state index contributed by atoms with van der Waals surface area (Å²) in [6.45, 7) is 6.60. The van der Waals surface area contributed by atoms with Crippen molar-refractivity contribution in [2.24, 2.45) is 0 Å². The van der Waals surface area contributed by atoms with E-state index in [1.54, 1.807) is 0 Å². The number of hydrogen-bond acceptors (Lipinski definition) is 6. The van der Waals surface area contributed by atoms with Gasteiger partial charge in [-0.15, -0.1) is 20.4 Å². The SMILES string of the molecule is C.C.CC(C)(C)c1ccc(-c2nnc(-c3ccc(-c4ccccc4)cc3)o2)cc1.c1ccc(-c2ccc(-c3nnc(-c4ccccc4)o3)cc2)cc1. The topological polar surface area (TPSA) is 77.8 Å². The summed E-state index contributed by atoms with van der Waals surface area (Å²) in [5.41, 5.74) is 9.80. The summed E-state index contributed by atoms with van der Waals surface area (Å²) in [5, 5.41) is 16.7. The van der Waals surface area contributed by atoms with Gasteiger partial charge in [0.05, 0.1) is 0 Å². The third-order valence-corrected chi connectivity index (χ3v) is 8.35. The van der Waals surface area contributed by atoms with Crippen LogP contribution in [-0.2, 0) is 5.41 Å². The number of nitrogens with zero attached hydrogens (tertiary/aromatic N) is 4. The maximum Gasteiger partial charge on any atom is 0.248 e. The molecule has 0 saturated carbocycles. The van der Waals surface area contributed by atoms with Gasteiger partial charge in [0.25, 0.3) is 0 Å². The summed E-state index contributed by atoms with van der Waals surface area (Å²) < 4.78 is 11.7. The average Bonchev–Trinajstić information content (AvgIpc) is 3.88. The van der Waals surface area contributed by atoms with Gasteiger partial charge in [-0.3, -0.25) is 0 Å². The average molecular weight is 685 g/mol. The highest BCUT2D eigenvalue weighted by atomic mass is 16.4. The van der Waals surface area contributed by atoms with Gasteiger partial charge >= 0.3 is 0 Å². The Labute approximate surface area is 306 Å². The maximum absolute atomic E-state index is 5.90. The zero-order valence-corrected chi connectivity index (χ0v) is 28.2. The molecule has 52 heavy (non-hydrogen) atoms. The number of hydrogen-bond donors (Lipinski definition) is 0. The molecule has 0 aliphatic rings. The van der Waals surface area contributed by atoms with Crippen molar-refractivity contribution in [2.45, 2.75) is 41.0 Å². The first-order valence-corrected chi connectivity index (χ1v) is 16.6. The lowest BCUT2D eigenvalue weighted by molar-refractivity contribution is 0.582. The molecule has 0 saturated heterocycles. The molecule has 0 bridgehead atoms. The van der Waals surface area contributed by atoms with Gasteiger partial charge in [-0.1, -0.05) is 151 Å². The zero-order valence-electron chi connectivity index (χ0n) is 28.2. The molecule has 2 heterocycles. The van der Waals surface area contributed by atoms with Gasteiger partial charge < -0.3 is 8.83 Å². The Balaban J connectivity index is 0.000000196. The molecule has 8 aromatic rings. The molecule has 6 nitrogen and oxygen atoms in total. The van der Waals surface area contributed by atoms with Crippen LogP contribution < -0.4 is 0 Å². The molecule has 260 valence electrons. The molecule has 6 aromatic carbocycles. The summed E-state index contributed by atoms with van der Waals surface area (Å²) in [7, 11) is 0. The summed E-state index contributed by atoms with van der Waals surface area (Å²) >= 11 is 0. The molecule has 0 aliphatic heterocycles. The Morgan fingerprint density at radius 3 is 0.846 bits per heavy atom. The first-order chi connectivity index (χ1) is 24.4. The van der Waals surface area contributed by atoms with Crippen LogP contribution >= 0.6 is 0 Å². The summed E-state index contributed by atoms with van der Waals surface area (Å²) in [4.78, 5) is 0. The minimum absolute atomic E-state index is 0. The zero-order chi connectivity index (χ0) is 34.3. The van der Waals surface area contributed by atoms with Crippen LogP contribution in [0.15, 0.2) is 173 Å². The van der Waals surface area contributed by atoms with Crippen LogP contribution in [-0.4, -0.2) is 20.4 Å². The van der Waals surface area contributed by atoms with E-state index in [4.69, 9.17) is 8.83 Å². The Hall–Kier alpha value is -6.40. The highest BCUT2D eigenvalue weighted by Crippen LogP contribution is 2.30. The van der Waals surface area contributed by atoms with Crippen LogP contribution in [0.3, 0.4) is 0 Å². The van der Waals surface area contributed by atoms with Gasteiger partial charge in [0.1, 0.15) is 0 Å². The van der Waals surface area contributed by atoms with Crippen LogP contribution in [0, 0.1) is 0 Å². The molecule has 0 fully saturated rings. The van der Waals surface area contributed by atoms with E-state index in [1.165, 1.54) is 16.7 Å². The number of aromatic nitrogens is 4. The molecule has 0 atom stereocenters. The van der Waals surface area contributed by atoms with E-state index in [-0.39, 0.29) is 20.3 Å². The van der Waals surface area contributed by atoms with E-state index < -0.39 is 0 Å². The minimum atomic E-state index is 0. The first kappa shape index (κ1) is 36.9. The van der Waals surface area contributed by atoms with Crippen molar-refractivity contribution in [1.29, 1.82) is 0 Å². The largest absolute Gasteiger partial charge is 0.416 e. The second kappa shape index (κ2) is 16.5. The summed E-state index contributed by atoms with van der Waals surface area (Å²) in [5.74, 6) is 2.14. The third kappa shape index (κ3) is 8.66. The van der Waals surface area contributed by atoms with Gasteiger partial charge in [-0.25, -0.2) is 0 Å². The fourth-order valence-electron chi connectivity index (χ4n) is 5.48. The van der Waals surface area contributed by atoms with E-state index in [2.05, 4.69) is 102 Å². The fourth-order valence-corrected chi connectivity index (χ4v) is 5.48. The second-order valence-corrected chi connectivity index (χ2v) is 12.9. The van der Waals surface area contributed by atoms with Crippen molar-refractivity contribution < 1.29 is 8.83 Å². The predicted molar refractivity (Wildman–Crippen MR) is 213 cm³/mol. The van der Waals surface area contributed by atoms with Crippen molar-refractivity contribution in [1.82, 2.24) is 20.4 Å². The highest BCUT2D eigenvalue weighted by molar-refractivity contribution is 5.69. The van der Waals surface area contributed by atoms with Crippen LogP contribution in [0.1, 0.15) is 41.2 Å². The first-order valence-electron chi connectivity index (χ1n) is 16.6. The lowest BCUT2D eigenvalue weighted by Gasteiger charge is -2.18.